The third kappa shape index (κ3) is 8.40. The maximum Gasteiger partial charge on any atom is 0.410 e. The Morgan fingerprint density at radius 3 is 2.74 bits per heavy atom. The molecular weight excluding hydrogens is 486 g/mol. The molecule has 0 aromatic rings. The molecule has 2 N–H and O–H groups in total. The minimum Gasteiger partial charge on any atom is -0.442 e. The van der Waals surface area contributed by atoms with Crippen LogP contribution in [0, 0.1) is 5.92 Å². The van der Waals surface area contributed by atoms with Gasteiger partial charge in [0.25, 0.3) is 0 Å². The first kappa shape index (κ1) is 28.8. The summed E-state index contributed by atoms with van der Waals surface area (Å²) in [5, 5.41) is 6.27. The largest absolute Gasteiger partial charge is 0.442 e. The van der Waals surface area contributed by atoms with E-state index < -0.39 is 6.10 Å². The molecule has 4 saturated heterocycles. The summed E-state index contributed by atoms with van der Waals surface area (Å²) in [6.45, 7) is 12.5. The van der Waals surface area contributed by atoms with Crippen LogP contribution in [0.15, 0.2) is 36.0 Å². The highest BCUT2D eigenvalue weighted by atomic mass is 16.6. The third-order valence-corrected chi connectivity index (χ3v) is 7.99. The lowest BCUT2D eigenvalue weighted by Gasteiger charge is -2.39. The summed E-state index contributed by atoms with van der Waals surface area (Å²) in [5.74, 6) is 0.103. The fraction of sp³-hybridized carbons (Fsp3) is 0.724. The third-order valence-electron chi connectivity index (χ3n) is 7.99. The molecule has 0 bridgehead atoms. The number of carbonyl (C=O) groups is 2. The van der Waals surface area contributed by atoms with Gasteiger partial charge in [0, 0.05) is 45.1 Å². The lowest BCUT2D eigenvalue weighted by molar-refractivity contribution is -0.123. The Bertz CT molecular complexity index is 908. The second-order valence-corrected chi connectivity index (χ2v) is 11.3. The van der Waals surface area contributed by atoms with Crippen LogP contribution in [0.25, 0.3) is 0 Å². The standard InChI is InChI=1S/C29H45N3O6/c1-20(5-8-24-18-29(19-36-29)11-16-35-24)6-9-26-21(2)17-25(23(4)38-26)31-27(33)10-7-22(3)37-28(34)32-14-12-30-13-15-32/h5-8,10,21-26,30H,9,11-19H2,1-4H3,(H,31,33)/b8-5+,10-7-,20-6+/t21-,22?,23?,24+,25?,26-,29?/m0/s1. The lowest BCUT2D eigenvalue weighted by Crippen LogP contribution is -2.50. The molecule has 7 atom stereocenters. The predicted octanol–water partition coefficient (Wildman–Crippen LogP) is 3.11. The van der Waals surface area contributed by atoms with E-state index in [4.69, 9.17) is 18.9 Å². The number of allylic oxidation sites excluding steroid dienone is 2. The molecule has 9 nitrogen and oxygen atoms in total. The molecule has 4 aliphatic rings. The highest BCUT2D eigenvalue weighted by Gasteiger charge is 2.48. The van der Waals surface area contributed by atoms with Crippen LogP contribution in [0.1, 0.15) is 53.4 Å². The molecule has 0 saturated carbocycles. The molecule has 0 aromatic carbocycles. The van der Waals surface area contributed by atoms with E-state index in [0.29, 0.717) is 19.0 Å². The Kier molecular flexibility index (Phi) is 10.0. The van der Waals surface area contributed by atoms with Crippen LogP contribution in [0.2, 0.25) is 0 Å². The number of rotatable bonds is 8. The average molecular weight is 532 g/mol. The molecular formula is C29H45N3O6. The smallest absolute Gasteiger partial charge is 0.410 e. The Morgan fingerprint density at radius 1 is 1.24 bits per heavy atom. The van der Waals surface area contributed by atoms with Crippen LogP contribution >= 0.6 is 0 Å². The molecule has 4 unspecified atom stereocenters. The molecule has 38 heavy (non-hydrogen) atoms. The molecule has 212 valence electrons. The van der Waals surface area contributed by atoms with Crippen molar-refractivity contribution in [2.45, 2.75) is 89.4 Å². The highest BCUT2D eigenvalue weighted by molar-refractivity contribution is 5.87. The van der Waals surface area contributed by atoms with Crippen molar-refractivity contribution in [3.8, 4) is 0 Å². The molecule has 0 radical (unpaired) electrons. The maximum absolute atomic E-state index is 12.6. The van der Waals surface area contributed by atoms with Crippen molar-refractivity contribution in [2.75, 3.05) is 39.4 Å². The van der Waals surface area contributed by atoms with E-state index in [1.807, 2.05) is 6.92 Å². The number of epoxide rings is 1. The van der Waals surface area contributed by atoms with Gasteiger partial charge in [-0.3, -0.25) is 4.79 Å². The number of piperazine rings is 1. The van der Waals surface area contributed by atoms with E-state index in [9.17, 15) is 9.59 Å². The second-order valence-electron chi connectivity index (χ2n) is 11.3. The van der Waals surface area contributed by atoms with Crippen LogP contribution in [-0.2, 0) is 23.7 Å². The average Bonchev–Trinajstić information content (AvgIpc) is 3.65. The van der Waals surface area contributed by atoms with Gasteiger partial charge in [-0.1, -0.05) is 30.7 Å². The van der Waals surface area contributed by atoms with Crippen molar-refractivity contribution in [1.29, 1.82) is 0 Å². The van der Waals surface area contributed by atoms with Crippen molar-refractivity contribution in [2.24, 2.45) is 5.92 Å². The van der Waals surface area contributed by atoms with Gasteiger partial charge < -0.3 is 34.5 Å². The molecule has 0 aliphatic carbocycles. The molecule has 4 fully saturated rings. The van der Waals surface area contributed by atoms with Gasteiger partial charge in [-0.2, -0.15) is 0 Å². The van der Waals surface area contributed by atoms with Crippen LogP contribution in [0.4, 0.5) is 4.79 Å². The zero-order chi connectivity index (χ0) is 27.1. The van der Waals surface area contributed by atoms with Gasteiger partial charge in [0.2, 0.25) is 5.91 Å². The van der Waals surface area contributed by atoms with Crippen molar-refractivity contribution in [1.82, 2.24) is 15.5 Å². The molecule has 4 rings (SSSR count). The van der Waals surface area contributed by atoms with Crippen LogP contribution in [0.3, 0.4) is 0 Å². The van der Waals surface area contributed by atoms with Gasteiger partial charge in [0.1, 0.15) is 6.10 Å². The summed E-state index contributed by atoms with van der Waals surface area (Å²) in [6.07, 6.45) is 12.5. The number of hydrogen-bond donors (Lipinski definition) is 2. The first-order chi connectivity index (χ1) is 18.2. The highest BCUT2D eigenvalue weighted by Crippen LogP contribution is 2.39. The molecule has 4 aliphatic heterocycles. The molecule has 0 aromatic heterocycles. The fourth-order valence-corrected chi connectivity index (χ4v) is 5.33. The summed E-state index contributed by atoms with van der Waals surface area (Å²) < 4.78 is 23.2. The zero-order valence-corrected chi connectivity index (χ0v) is 23.3. The molecule has 2 amide bonds. The monoisotopic (exact) mass is 531 g/mol. The molecule has 9 heteroatoms. The normalized spacial score (nSPS) is 35.0. The quantitative estimate of drug-likeness (QED) is 0.282. The number of ether oxygens (including phenoxy) is 4. The summed E-state index contributed by atoms with van der Waals surface area (Å²) in [4.78, 5) is 26.4. The summed E-state index contributed by atoms with van der Waals surface area (Å²) >= 11 is 0. The first-order valence-electron chi connectivity index (χ1n) is 14.1. The lowest BCUT2D eigenvalue weighted by atomic mass is 9.88. The molecule has 4 heterocycles. The van der Waals surface area contributed by atoms with Gasteiger partial charge in [0.05, 0.1) is 43.2 Å². The van der Waals surface area contributed by atoms with Crippen molar-refractivity contribution < 1.29 is 28.5 Å². The van der Waals surface area contributed by atoms with Gasteiger partial charge >= 0.3 is 6.09 Å². The fourth-order valence-electron chi connectivity index (χ4n) is 5.33. The number of nitrogens with one attached hydrogen (secondary N) is 2. The van der Waals surface area contributed by atoms with E-state index in [-0.39, 0.29) is 42.0 Å². The van der Waals surface area contributed by atoms with E-state index in [0.717, 1.165) is 52.0 Å². The Morgan fingerprint density at radius 2 is 2.00 bits per heavy atom. The number of amides is 2. The van der Waals surface area contributed by atoms with E-state index in [1.165, 1.54) is 11.6 Å². The van der Waals surface area contributed by atoms with Crippen molar-refractivity contribution in [3.63, 3.8) is 0 Å². The number of hydrogen-bond acceptors (Lipinski definition) is 7. The Labute approximate surface area is 227 Å². The number of carbonyl (C=O) groups excluding carboxylic acids is 2. The van der Waals surface area contributed by atoms with Crippen LogP contribution in [-0.4, -0.2) is 92.4 Å². The topological polar surface area (TPSA) is 102 Å². The van der Waals surface area contributed by atoms with Gasteiger partial charge in [-0.25, -0.2) is 4.79 Å². The maximum atomic E-state index is 12.6. The Balaban J connectivity index is 1.17. The molecule has 1 spiro atoms. The van der Waals surface area contributed by atoms with Crippen LogP contribution < -0.4 is 10.6 Å². The van der Waals surface area contributed by atoms with E-state index >= 15 is 0 Å². The van der Waals surface area contributed by atoms with Gasteiger partial charge in [0.15, 0.2) is 0 Å². The van der Waals surface area contributed by atoms with E-state index in [1.54, 1.807) is 17.9 Å². The van der Waals surface area contributed by atoms with Gasteiger partial charge in [-0.05, 0) is 45.6 Å². The van der Waals surface area contributed by atoms with E-state index in [2.05, 4.69) is 42.7 Å². The first-order valence-corrected chi connectivity index (χ1v) is 14.1. The number of nitrogens with zero attached hydrogens (tertiary/aromatic N) is 1. The minimum absolute atomic E-state index is 0.0671. The summed E-state index contributed by atoms with van der Waals surface area (Å²) in [5.41, 5.74) is 1.28. The predicted molar refractivity (Wildman–Crippen MR) is 145 cm³/mol. The second kappa shape index (κ2) is 13.2. The summed E-state index contributed by atoms with van der Waals surface area (Å²) in [7, 11) is 0. The van der Waals surface area contributed by atoms with Crippen LogP contribution in [0.5, 0.6) is 0 Å². The van der Waals surface area contributed by atoms with Gasteiger partial charge in [-0.15, -0.1) is 0 Å². The minimum atomic E-state index is -0.483. The van der Waals surface area contributed by atoms with Crippen molar-refractivity contribution >= 4 is 12.0 Å². The zero-order valence-electron chi connectivity index (χ0n) is 23.3. The van der Waals surface area contributed by atoms with Crippen molar-refractivity contribution in [3.05, 3.63) is 36.0 Å². The Hall–Kier alpha value is -2.20. The SMILES string of the molecule is CC(/C=C/[C@@H]1CC2(CCO1)CO2)=C\C[C@@H]1OC(C)C(NC(=O)/C=C\C(C)OC(=O)N2CCNCC2)C[C@@H]1C. The summed E-state index contributed by atoms with van der Waals surface area (Å²) in [6, 6.07) is -0.0671.